The molecule has 0 saturated carbocycles. The summed E-state index contributed by atoms with van der Waals surface area (Å²) in [5.41, 5.74) is -0.568. The van der Waals surface area contributed by atoms with Gasteiger partial charge in [0.1, 0.15) is 12.0 Å². The molecule has 2 aromatic heterocycles. The molecule has 0 fully saturated rings. The third-order valence-electron chi connectivity index (χ3n) is 1.59. The van der Waals surface area contributed by atoms with Gasteiger partial charge in [-0.25, -0.2) is 19.3 Å². The van der Waals surface area contributed by atoms with Gasteiger partial charge in [-0.15, -0.1) is 0 Å². The summed E-state index contributed by atoms with van der Waals surface area (Å²) < 4.78 is 1.09. The van der Waals surface area contributed by atoms with E-state index < -0.39 is 11.7 Å². The number of H-pyrrole nitrogens is 2. The second kappa shape index (κ2) is 2.83. The Morgan fingerprint density at radius 2 is 2.29 bits per heavy atom. The summed E-state index contributed by atoms with van der Waals surface area (Å²) in [5.74, 6) is -0.957. The molecule has 0 aliphatic heterocycles. The molecule has 0 aliphatic rings. The van der Waals surface area contributed by atoms with E-state index >= 15 is 0 Å². The van der Waals surface area contributed by atoms with Gasteiger partial charge in [0, 0.05) is 6.07 Å². The van der Waals surface area contributed by atoms with E-state index in [9.17, 15) is 9.59 Å². The van der Waals surface area contributed by atoms with Gasteiger partial charge in [0.25, 0.3) is 0 Å². The maximum absolute atomic E-state index is 11.0. The predicted octanol–water partition coefficient (Wildman–Crippen LogP) is -1.02. The summed E-state index contributed by atoms with van der Waals surface area (Å²) in [6.07, 6.45) is 1.21. The number of carboxylic acids is 1. The van der Waals surface area contributed by atoms with Crippen LogP contribution in [0.2, 0.25) is 0 Å². The fraction of sp³-hybridized carbons (Fsp3) is 0. The Morgan fingerprint density at radius 3 is 2.79 bits per heavy atom. The van der Waals surface area contributed by atoms with Crippen LogP contribution in [-0.2, 0) is 0 Å². The molecule has 14 heavy (non-hydrogen) atoms. The molecule has 2 aromatic rings. The van der Waals surface area contributed by atoms with Gasteiger partial charge in [0.05, 0.1) is 0 Å². The van der Waals surface area contributed by atoms with E-state index in [1.54, 1.807) is 0 Å². The molecular weight excluding hydrogens is 190 g/mol. The van der Waals surface area contributed by atoms with E-state index in [0.29, 0.717) is 0 Å². The number of hydrogen-bond donors (Lipinski definition) is 3. The normalized spacial score (nSPS) is 10.3. The summed E-state index contributed by atoms with van der Waals surface area (Å²) in [4.78, 5) is 21.5. The van der Waals surface area contributed by atoms with Crippen molar-refractivity contribution in [3.63, 3.8) is 0 Å². The van der Waals surface area contributed by atoms with E-state index in [0.717, 1.165) is 4.57 Å². The molecule has 2 rings (SSSR count). The first-order chi connectivity index (χ1) is 6.68. The van der Waals surface area contributed by atoms with E-state index in [1.807, 2.05) is 0 Å². The Kier molecular flexibility index (Phi) is 1.67. The fourth-order valence-corrected chi connectivity index (χ4v) is 0.955. The average molecular weight is 195 g/mol. The van der Waals surface area contributed by atoms with Crippen molar-refractivity contribution >= 4 is 5.97 Å². The van der Waals surface area contributed by atoms with Crippen LogP contribution in [-0.4, -0.2) is 36.0 Å². The van der Waals surface area contributed by atoms with Crippen LogP contribution >= 0.6 is 0 Å². The molecule has 0 spiro atoms. The zero-order valence-corrected chi connectivity index (χ0v) is 6.76. The van der Waals surface area contributed by atoms with E-state index in [2.05, 4.69) is 20.4 Å². The molecule has 0 unspecified atom stereocenters. The molecule has 0 saturated heterocycles. The monoisotopic (exact) mass is 195 g/mol. The molecule has 0 aromatic carbocycles. The third kappa shape index (κ3) is 1.18. The summed E-state index contributed by atoms with van der Waals surface area (Å²) in [6, 6.07) is 1.24. The van der Waals surface area contributed by atoms with Crippen LogP contribution < -0.4 is 5.69 Å². The van der Waals surface area contributed by atoms with Crippen LogP contribution in [0.5, 0.6) is 0 Å². The maximum Gasteiger partial charge on any atom is 0.353 e. The number of carbonyl (C=O) groups is 1. The molecule has 0 aliphatic carbocycles. The van der Waals surface area contributed by atoms with Gasteiger partial charge in [0.15, 0.2) is 5.82 Å². The quantitative estimate of drug-likeness (QED) is 0.567. The molecule has 8 nitrogen and oxygen atoms in total. The van der Waals surface area contributed by atoms with Crippen LogP contribution in [0.1, 0.15) is 10.5 Å². The number of aromatic carboxylic acids is 1. The number of aromatic nitrogens is 5. The first-order valence-corrected chi connectivity index (χ1v) is 3.59. The highest BCUT2D eigenvalue weighted by Crippen LogP contribution is 2.02. The minimum Gasteiger partial charge on any atom is -0.477 e. The Hall–Kier alpha value is -2.38. The zero-order chi connectivity index (χ0) is 10.1. The molecular formula is C6H5N5O3. The number of aromatic amines is 2. The van der Waals surface area contributed by atoms with Crippen molar-refractivity contribution in [3.8, 4) is 5.82 Å². The van der Waals surface area contributed by atoms with E-state index in [4.69, 9.17) is 5.11 Å². The summed E-state index contributed by atoms with van der Waals surface area (Å²) >= 11 is 0. The lowest BCUT2D eigenvalue weighted by atomic mass is 10.4. The van der Waals surface area contributed by atoms with Gasteiger partial charge in [-0.3, -0.25) is 5.10 Å². The molecule has 0 bridgehead atoms. The van der Waals surface area contributed by atoms with Gasteiger partial charge in [0.2, 0.25) is 0 Å². The average Bonchev–Trinajstić information content (AvgIpc) is 2.71. The minimum absolute atomic E-state index is 0.0897. The van der Waals surface area contributed by atoms with Crippen molar-refractivity contribution in [2.75, 3.05) is 0 Å². The number of rotatable bonds is 2. The first-order valence-electron chi connectivity index (χ1n) is 3.59. The van der Waals surface area contributed by atoms with Gasteiger partial charge < -0.3 is 5.11 Å². The highest BCUT2D eigenvalue weighted by atomic mass is 16.4. The number of nitrogens with one attached hydrogen (secondary N) is 2. The van der Waals surface area contributed by atoms with Gasteiger partial charge in [-0.05, 0) is 0 Å². The van der Waals surface area contributed by atoms with Gasteiger partial charge >= 0.3 is 11.7 Å². The Labute approximate surface area is 76.2 Å². The van der Waals surface area contributed by atoms with Crippen molar-refractivity contribution < 1.29 is 9.90 Å². The summed E-state index contributed by atoms with van der Waals surface area (Å²) in [7, 11) is 0. The van der Waals surface area contributed by atoms with E-state index in [-0.39, 0.29) is 11.5 Å². The molecule has 0 radical (unpaired) electrons. The lowest BCUT2D eigenvalue weighted by Crippen LogP contribution is -2.14. The number of hydrogen-bond acceptors (Lipinski definition) is 4. The molecule has 72 valence electrons. The van der Waals surface area contributed by atoms with Crippen LogP contribution in [0.3, 0.4) is 0 Å². The molecule has 0 amide bonds. The highest BCUT2D eigenvalue weighted by molar-refractivity contribution is 5.85. The molecule has 8 heteroatoms. The summed E-state index contributed by atoms with van der Waals surface area (Å²) in [5, 5.41) is 20.1. The predicted molar refractivity (Wildman–Crippen MR) is 43.3 cm³/mol. The third-order valence-corrected chi connectivity index (χ3v) is 1.59. The van der Waals surface area contributed by atoms with Crippen molar-refractivity contribution in [2.24, 2.45) is 0 Å². The Morgan fingerprint density at radius 1 is 1.50 bits per heavy atom. The van der Waals surface area contributed by atoms with Crippen molar-refractivity contribution in [2.45, 2.75) is 0 Å². The van der Waals surface area contributed by atoms with Crippen molar-refractivity contribution in [1.29, 1.82) is 0 Å². The Bertz CT molecular complexity index is 521. The van der Waals surface area contributed by atoms with Gasteiger partial charge in [-0.2, -0.15) is 10.2 Å². The maximum atomic E-state index is 11.0. The van der Waals surface area contributed by atoms with Crippen LogP contribution in [0.25, 0.3) is 5.82 Å². The second-order valence-corrected chi connectivity index (χ2v) is 2.48. The van der Waals surface area contributed by atoms with Crippen molar-refractivity contribution in [1.82, 2.24) is 25.0 Å². The topological polar surface area (TPSA) is 117 Å². The molecule has 0 atom stereocenters. The minimum atomic E-state index is -1.14. The van der Waals surface area contributed by atoms with Crippen LogP contribution in [0, 0.1) is 0 Å². The second-order valence-electron chi connectivity index (χ2n) is 2.48. The van der Waals surface area contributed by atoms with Crippen LogP contribution in [0.4, 0.5) is 0 Å². The largest absolute Gasteiger partial charge is 0.477 e. The molecule has 3 N–H and O–H groups in total. The lowest BCUT2D eigenvalue weighted by molar-refractivity contribution is 0.0690. The smallest absolute Gasteiger partial charge is 0.353 e. The molecule has 2 heterocycles. The van der Waals surface area contributed by atoms with Gasteiger partial charge in [-0.1, -0.05) is 0 Å². The fourth-order valence-electron chi connectivity index (χ4n) is 0.955. The van der Waals surface area contributed by atoms with Crippen LogP contribution in [0.15, 0.2) is 17.2 Å². The van der Waals surface area contributed by atoms with Crippen molar-refractivity contribution in [3.05, 3.63) is 28.6 Å². The number of carboxylic acid groups (broad SMARTS) is 1. The SMILES string of the molecule is O=C(O)c1cc(-n2cn[nH]c2=O)n[nH]1. The number of nitrogens with zero attached hydrogens (tertiary/aromatic N) is 3. The lowest BCUT2D eigenvalue weighted by Gasteiger charge is -1.88. The standard InChI is InChI=1S/C6H5N5O3/c12-5(13)3-1-4(9-8-3)11-2-7-10-6(11)14/h1-2H,(H,8,9)(H,10,14)(H,12,13). The Balaban J connectivity index is 2.49. The van der Waals surface area contributed by atoms with E-state index in [1.165, 1.54) is 12.4 Å². The summed E-state index contributed by atoms with van der Waals surface area (Å²) in [6.45, 7) is 0. The zero-order valence-electron chi connectivity index (χ0n) is 6.76. The first kappa shape index (κ1) is 8.23. The highest BCUT2D eigenvalue weighted by Gasteiger charge is 2.10.